The summed E-state index contributed by atoms with van der Waals surface area (Å²) in [7, 11) is 1.59. The van der Waals surface area contributed by atoms with Crippen molar-refractivity contribution in [3.63, 3.8) is 0 Å². The average molecular weight is 391 g/mol. The smallest absolute Gasteiger partial charge is 0.290 e. The minimum Gasteiger partial charge on any atom is -0.503 e. The SMILES string of the molecule is COCCCN1C(=O)C(O)=C(C(=O)c2ccco2)C1c1cccc2ccccc12. The van der Waals surface area contributed by atoms with Gasteiger partial charge in [0.1, 0.15) is 0 Å². The molecule has 4 rings (SSSR count). The van der Waals surface area contributed by atoms with E-state index in [1.165, 1.54) is 17.2 Å². The van der Waals surface area contributed by atoms with Crippen LogP contribution in [0.25, 0.3) is 10.8 Å². The second kappa shape index (κ2) is 7.93. The number of hydrogen-bond donors (Lipinski definition) is 1. The van der Waals surface area contributed by atoms with Gasteiger partial charge in [0, 0.05) is 20.3 Å². The molecule has 1 aromatic heterocycles. The summed E-state index contributed by atoms with van der Waals surface area (Å²) >= 11 is 0. The molecule has 2 heterocycles. The number of aliphatic hydroxyl groups excluding tert-OH is 1. The molecule has 1 unspecified atom stereocenters. The number of furan rings is 1. The fourth-order valence-electron chi connectivity index (χ4n) is 3.85. The fourth-order valence-corrected chi connectivity index (χ4v) is 3.85. The highest BCUT2D eigenvalue weighted by Gasteiger charge is 2.44. The summed E-state index contributed by atoms with van der Waals surface area (Å²) in [6.07, 6.45) is 1.98. The fraction of sp³-hybridized carbons (Fsp3) is 0.217. The Morgan fingerprint density at radius 1 is 1.14 bits per heavy atom. The molecule has 148 valence electrons. The lowest BCUT2D eigenvalue weighted by Crippen LogP contribution is -2.32. The first-order valence-electron chi connectivity index (χ1n) is 9.42. The van der Waals surface area contributed by atoms with Crippen molar-refractivity contribution < 1.29 is 23.8 Å². The molecule has 2 aromatic carbocycles. The predicted molar refractivity (Wildman–Crippen MR) is 108 cm³/mol. The molecule has 0 saturated carbocycles. The maximum absolute atomic E-state index is 13.1. The molecule has 1 N–H and O–H groups in total. The summed E-state index contributed by atoms with van der Waals surface area (Å²) in [5, 5.41) is 12.6. The minimum atomic E-state index is -0.706. The van der Waals surface area contributed by atoms with Crippen LogP contribution >= 0.6 is 0 Å². The number of fused-ring (bicyclic) bond motifs is 1. The van der Waals surface area contributed by atoms with E-state index < -0.39 is 23.5 Å². The lowest BCUT2D eigenvalue weighted by molar-refractivity contribution is -0.129. The van der Waals surface area contributed by atoms with Crippen LogP contribution in [0.3, 0.4) is 0 Å². The van der Waals surface area contributed by atoms with E-state index in [1.54, 1.807) is 13.2 Å². The Kier molecular flexibility index (Phi) is 5.18. The quantitative estimate of drug-likeness (QED) is 0.486. The van der Waals surface area contributed by atoms with E-state index in [-0.39, 0.29) is 11.3 Å². The van der Waals surface area contributed by atoms with E-state index >= 15 is 0 Å². The van der Waals surface area contributed by atoms with E-state index in [1.807, 2.05) is 42.5 Å². The molecule has 0 radical (unpaired) electrons. The summed E-state index contributed by atoms with van der Waals surface area (Å²) in [5.74, 6) is -1.49. The molecule has 0 bridgehead atoms. The summed E-state index contributed by atoms with van der Waals surface area (Å²) in [6.45, 7) is 0.813. The topological polar surface area (TPSA) is 80.0 Å². The molecule has 0 spiro atoms. The van der Waals surface area contributed by atoms with E-state index in [0.717, 1.165) is 16.3 Å². The molecule has 0 aliphatic carbocycles. The van der Waals surface area contributed by atoms with Gasteiger partial charge in [-0.1, -0.05) is 42.5 Å². The average Bonchev–Trinajstić information content (AvgIpc) is 3.36. The Bertz CT molecular complexity index is 1080. The third-order valence-corrected chi connectivity index (χ3v) is 5.16. The van der Waals surface area contributed by atoms with Crippen LogP contribution in [0.1, 0.15) is 28.6 Å². The number of nitrogens with zero attached hydrogens (tertiary/aromatic N) is 1. The Balaban J connectivity index is 1.86. The second-order valence-corrected chi connectivity index (χ2v) is 6.88. The van der Waals surface area contributed by atoms with Gasteiger partial charge in [-0.05, 0) is 34.9 Å². The Hall–Kier alpha value is -3.38. The third-order valence-electron chi connectivity index (χ3n) is 5.16. The molecule has 29 heavy (non-hydrogen) atoms. The van der Waals surface area contributed by atoms with Crippen molar-refractivity contribution in [2.45, 2.75) is 12.5 Å². The first kappa shape index (κ1) is 19.0. The zero-order valence-corrected chi connectivity index (χ0v) is 16.0. The first-order chi connectivity index (χ1) is 14.1. The van der Waals surface area contributed by atoms with Crippen molar-refractivity contribution in [3.8, 4) is 0 Å². The number of carbonyl (C=O) groups excluding carboxylic acids is 2. The Labute approximate surface area is 168 Å². The highest BCUT2D eigenvalue weighted by Crippen LogP contribution is 2.41. The predicted octanol–water partition coefficient (Wildman–Crippen LogP) is 4.05. The highest BCUT2D eigenvalue weighted by molar-refractivity contribution is 6.15. The highest BCUT2D eigenvalue weighted by atomic mass is 16.5. The molecule has 3 aromatic rings. The van der Waals surface area contributed by atoms with Gasteiger partial charge in [0.25, 0.3) is 5.91 Å². The normalized spacial score (nSPS) is 16.8. The van der Waals surface area contributed by atoms with Gasteiger partial charge in [-0.15, -0.1) is 0 Å². The van der Waals surface area contributed by atoms with Crippen molar-refractivity contribution in [1.82, 2.24) is 4.90 Å². The molecule has 6 heteroatoms. The van der Waals surface area contributed by atoms with E-state index in [9.17, 15) is 14.7 Å². The number of benzene rings is 2. The van der Waals surface area contributed by atoms with Gasteiger partial charge in [0.05, 0.1) is 17.9 Å². The second-order valence-electron chi connectivity index (χ2n) is 6.88. The molecule has 1 atom stereocenters. The van der Waals surface area contributed by atoms with Gasteiger partial charge in [-0.3, -0.25) is 9.59 Å². The van der Waals surface area contributed by atoms with Crippen molar-refractivity contribution in [2.24, 2.45) is 0 Å². The van der Waals surface area contributed by atoms with Crippen LogP contribution in [0, 0.1) is 0 Å². The number of hydrogen-bond acceptors (Lipinski definition) is 5. The van der Waals surface area contributed by atoms with Crippen LogP contribution in [-0.4, -0.2) is 42.0 Å². The van der Waals surface area contributed by atoms with Gasteiger partial charge in [0.2, 0.25) is 5.78 Å². The number of methoxy groups -OCH3 is 1. The monoisotopic (exact) mass is 391 g/mol. The van der Waals surface area contributed by atoms with Crippen LogP contribution in [0.4, 0.5) is 0 Å². The molecule has 0 saturated heterocycles. The number of carbonyl (C=O) groups is 2. The van der Waals surface area contributed by atoms with Crippen molar-refractivity contribution in [2.75, 3.05) is 20.3 Å². The van der Waals surface area contributed by atoms with Crippen LogP contribution < -0.4 is 0 Å². The zero-order chi connectivity index (χ0) is 20.4. The van der Waals surface area contributed by atoms with Gasteiger partial charge in [0.15, 0.2) is 11.5 Å². The number of amides is 1. The largest absolute Gasteiger partial charge is 0.503 e. The maximum atomic E-state index is 13.1. The summed E-state index contributed by atoms with van der Waals surface area (Å²) < 4.78 is 10.4. The van der Waals surface area contributed by atoms with Gasteiger partial charge in [-0.25, -0.2) is 0 Å². The number of Topliss-reactive ketones (excluding diaryl/α,β-unsaturated/α-hetero) is 1. The van der Waals surface area contributed by atoms with Gasteiger partial charge < -0.3 is 19.2 Å². The molecule has 6 nitrogen and oxygen atoms in total. The minimum absolute atomic E-state index is 0.0405. The van der Waals surface area contributed by atoms with Crippen LogP contribution in [-0.2, 0) is 9.53 Å². The molecular weight excluding hydrogens is 370 g/mol. The summed E-state index contributed by atoms with van der Waals surface area (Å²) in [6, 6.07) is 15.9. The number of aliphatic hydroxyl groups is 1. The van der Waals surface area contributed by atoms with E-state index in [4.69, 9.17) is 9.15 Å². The van der Waals surface area contributed by atoms with Crippen molar-refractivity contribution in [1.29, 1.82) is 0 Å². The lowest BCUT2D eigenvalue weighted by atomic mass is 9.91. The third kappa shape index (κ3) is 3.32. The van der Waals surface area contributed by atoms with E-state index in [2.05, 4.69) is 0 Å². The number of rotatable bonds is 7. The number of ether oxygens (including phenoxy) is 1. The van der Waals surface area contributed by atoms with Crippen molar-refractivity contribution in [3.05, 3.63) is 83.5 Å². The standard InChI is InChI=1S/C23H21NO5/c1-28-13-6-12-24-20(17-10-4-8-15-7-2-3-9-16(15)17)19(22(26)23(24)27)21(25)18-11-5-14-29-18/h2-5,7-11,14,20,26H,6,12-13H2,1H3. The van der Waals surface area contributed by atoms with Crippen molar-refractivity contribution >= 4 is 22.5 Å². The first-order valence-corrected chi connectivity index (χ1v) is 9.42. The lowest BCUT2D eigenvalue weighted by Gasteiger charge is -2.27. The van der Waals surface area contributed by atoms with E-state index in [0.29, 0.717) is 19.6 Å². The number of ketones is 1. The molecule has 1 aliphatic heterocycles. The van der Waals surface area contributed by atoms with Gasteiger partial charge >= 0.3 is 0 Å². The maximum Gasteiger partial charge on any atom is 0.290 e. The van der Waals surface area contributed by atoms with Crippen LogP contribution in [0.5, 0.6) is 0 Å². The van der Waals surface area contributed by atoms with Crippen LogP contribution in [0.15, 0.2) is 76.6 Å². The molecule has 1 amide bonds. The summed E-state index contributed by atoms with van der Waals surface area (Å²) in [4.78, 5) is 27.6. The zero-order valence-electron chi connectivity index (χ0n) is 16.0. The Morgan fingerprint density at radius 2 is 1.93 bits per heavy atom. The molecular formula is C23H21NO5. The molecule has 1 aliphatic rings. The van der Waals surface area contributed by atoms with Gasteiger partial charge in [-0.2, -0.15) is 0 Å². The molecule has 0 fully saturated rings. The Morgan fingerprint density at radius 3 is 2.69 bits per heavy atom. The summed E-state index contributed by atoms with van der Waals surface area (Å²) in [5.41, 5.74) is 0.826. The van der Waals surface area contributed by atoms with Crippen LogP contribution in [0.2, 0.25) is 0 Å².